The highest BCUT2D eigenvalue weighted by Crippen LogP contribution is 2.27. The van der Waals surface area contributed by atoms with Crippen LogP contribution in [0.15, 0.2) is 18.2 Å². The average molecular weight is 334 g/mol. The van der Waals surface area contributed by atoms with Crippen molar-refractivity contribution in [3.05, 3.63) is 50.2 Å². The van der Waals surface area contributed by atoms with Gasteiger partial charge in [0.25, 0.3) is 0 Å². The third kappa shape index (κ3) is 3.29. The summed E-state index contributed by atoms with van der Waals surface area (Å²) in [5.41, 5.74) is 2.31. The highest BCUT2D eigenvalue weighted by atomic mass is 35.5. The van der Waals surface area contributed by atoms with Gasteiger partial charge in [-0.1, -0.05) is 40.9 Å². The summed E-state index contributed by atoms with van der Waals surface area (Å²) in [7, 11) is 1.81. The second-order valence-electron chi connectivity index (χ2n) is 4.73. The molecule has 1 N–H and O–H groups in total. The molecule has 20 heavy (non-hydrogen) atoms. The third-order valence-corrected chi connectivity index (χ3v) is 4.39. The van der Waals surface area contributed by atoms with E-state index in [0.29, 0.717) is 27.9 Å². The van der Waals surface area contributed by atoms with E-state index in [1.54, 1.807) is 22.9 Å². The van der Waals surface area contributed by atoms with Crippen molar-refractivity contribution in [1.29, 1.82) is 0 Å². The van der Waals surface area contributed by atoms with E-state index in [1.165, 1.54) is 0 Å². The first-order valence-corrected chi connectivity index (χ1v) is 7.32. The van der Waals surface area contributed by atoms with Crippen LogP contribution in [0.5, 0.6) is 0 Å². The van der Waals surface area contributed by atoms with Crippen molar-refractivity contribution in [2.45, 2.75) is 25.9 Å². The van der Waals surface area contributed by atoms with E-state index >= 15 is 0 Å². The van der Waals surface area contributed by atoms with Crippen LogP contribution >= 0.6 is 34.8 Å². The highest BCUT2D eigenvalue weighted by molar-refractivity contribution is 6.36. The Bertz CT molecular complexity index is 605. The van der Waals surface area contributed by atoms with Crippen LogP contribution in [0.2, 0.25) is 15.1 Å². The van der Waals surface area contributed by atoms with Gasteiger partial charge < -0.3 is 5.11 Å². The molecule has 1 heterocycles. The zero-order valence-electron chi connectivity index (χ0n) is 11.2. The number of rotatable bonds is 4. The van der Waals surface area contributed by atoms with Gasteiger partial charge in [-0.15, -0.1) is 0 Å². The Labute approximate surface area is 133 Å². The predicted molar refractivity (Wildman–Crippen MR) is 82.8 cm³/mol. The summed E-state index contributed by atoms with van der Waals surface area (Å²) in [6.07, 6.45) is 0.149. The fourth-order valence-corrected chi connectivity index (χ4v) is 2.95. The molecule has 0 saturated heterocycles. The van der Waals surface area contributed by atoms with Gasteiger partial charge in [0.15, 0.2) is 0 Å². The highest BCUT2D eigenvalue weighted by Gasteiger charge is 2.17. The molecular formula is C14H15Cl3N2O. The topological polar surface area (TPSA) is 38.0 Å². The van der Waals surface area contributed by atoms with Gasteiger partial charge in [0.2, 0.25) is 0 Å². The summed E-state index contributed by atoms with van der Waals surface area (Å²) in [6, 6.07) is 5.30. The minimum Gasteiger partial charge on any atom is -0.392 e. The van der Waals surface area contributed by atoms with Gasteiger partial charge in [0.1, 0.15) is 0 Å². The van der Waals surface area contributed by atoms with E-state index in [9.17, 15) is 5.11 Å². The summed E-state index contributed by atoms with van der Waals surface area (Å²) in [6.45, 7) is 1.84. The summed E-state index contributed by atoms with van der Waals surface area (Å²) in [5, 5.41) is 16.2. The van der Waals surface area contributed by atoms with Crippen molar-refractivity contribution >= 4 is 34.8 Å². The predicted octanol–water partition coefficient (Wildman–Crippen LogP) is 3.83. The summed E-state index contributed by atoms with van der Waals surface area (Å²) in [4.78, 5) is 0. The number of aryl methyl sites for hydroxylation is 2. The molecule has 0 aliphatic rings. The molecule has 3 nitrogen and oxygen atoms in total. The summed E-state index contributed by atoms with van der Waals surface area (Å²) in [5.74, 6) is 0. The SMILES string of the molecule is Cc1nn(C)c(CC(O)Cc2c(Cl)cccc2Cl)c1Cl. The van der Waals surface area contributed by atoms with Crippen LogP contribution in [-0.2, 0) is 19.9 Å². The largest absolute Gasteiger partial charge is 0.392 e. The second-order valence-corrected chi connectivity index (χ2v) is 5.92. The van der Waals surface area contributed by atoms with Crippen LogP contribution in [0.4, 0.5) is 0 Å². The lowest BCUT2D eigenvalue weighted by atomic mass is 10.0. The monoisotopic (exact) mass is 332 g/mol. The molecule has 0 aliphatic carbocycles. The maximum atomic E-state index is 10.2. The van der Waals surface area contributed by atoms with Crippen molar-refractivity contribution in [2.24, 2.45) is 7.05 Å². The van der Waals surface area contributed by atoms with Gasteiger partial charge >= 0.3 is 0 Å². The number of aliphatic hydroxyl groups excluding tert-OH is 1. The van der Waals surface area contributed by atoms with Gasteiger partial charge in [-0.3, -0.25) is 4.68 Å². The molecule has 108 valence electrons. The minimum atomic E-state index is -0.625. The molecule has 0 saturated carbocycles. The molecule has 0 radical (unpaired) electrons. The lowest BCUT2D eigenvalue weighted by Crippen LogP contribution is -2.17. The van der Waals surface area contributed by atoms with Crippen molar-refractivity contribution in [3.63, 3.8) is 0 Å². The normalized spacial score (nSPS) is 12.7. The Kier molecular flexibility index (Phi) is 4.97. The van der Waals surface area contributed by atoms with Crippen LogP contribution in [0.3, 0.4) is 0 Å². The molecule has 1 aromatic heterocycles. The van der Waals surface area contributed by atoms with Crippen molar-refractivity contribution in [2.75, 3.05) is 0 Å². The minimum absolute atomic E-state index is 0.374. The first-order valence-electron chi connectivity index (χ1n) is 6.19. The number of halogens is 3. The summed E-state index contributed by atoms with van der Waals surface area (Å²) >= 11 is 18.4. The van der Waals surface area contributed by atoms with Crippen LogP contribution in [-0.4, -0.2) is 21.0 Å². The van der Waals surface area contributed by atoms with Crippen LogP contribution < -0.4 is 0 Å². The fraction of sp³-hybridized carbons (Fsp3) is 0.357. The molecule has 2 rings (SSSR count). The van der Waals surface area contributed by atoms with Crippen LogP contribution in [0.1, 0.15) is 17.0 Å². The van der Waals surface area contributed by atoms with Crippen LogP contribution in [0.25, 0.3) is 0 Å². The maximum Gasteiger partial charge on any atom is 0.0847 e. The van der Waals surface area contributed by atoms with Crippen molar-refractivity contribution < 1.29 is 5.11 Å². The lowest BCUT2D eigenvalue weighted by molar-refractivity contribution is 0.173. The van der Waals surface area contributed by atoms with Gasteiger partial charge in [-0.05, 0) is 24.6 Å². The molecule has 0 amide bonds. The molecule has 0 fully saturated rings. The van der Waals surface area contributed by atoms with E-state index in [4.69, 9.17) is 34.8 Å². The van der Waals surface area contributed by atoms with Crippen molar-refractivity contribution in [3.8, 4) is 0 Å². The van der Waals surface area contributed by atoms with Gasteiger partial charge in [-0.25, -0.2) is 0 Å². The second kappa shape index (κ2) is 6.35. The third-order valence-electron chi connectivity index (χ3n) is 3.19. The standard InChI is InChI=1S/C14H15Cl3N2O/c1-8-14(17)13(19(2)18-8)7-9(20)6-10-11(15)4-3-5-12(10)16/h3-5,9,20H,6-7H2,1-2H3. The molecule has 6 heteroatoms. The molecular weight excluding hydrogens is 319 g/mol. The number of aromatic nitrogens is 2. The van der Waals surface area contributed by atoms with Gasteiger partial charge in [0.05, 0.1) is 22.5 Å². The fourth-order valence-electron chi connectivity index (χ4n) is 2.16. The van der Waals surface area contributed by atoms with E-state index in [1.807, 2.05) is 14.0 Å². The lowest BCUT2D eigenvalue weighted by Gasteiger charge is -2.13. The van der Waals surface area contributed by atoms with E-state index in [0.717, 1.165) is 17.0 Å². The van der Waals surface area contributed by atoms with Gasteiger partial charge in [0, 0.05) is 29.9 Å². The maximum absolute atomic E-state index is 10.2. The van der Waals surface area contributed by atoms with E-state index < -0.39 is 6.10 Å². The first kappa shape index (κ1) is 15.6. The Morgan fingerprint density at radius 1 is 1.20 bits per heavy atom. The first-order chi connectivity index (χ1) is 9.40. The molecule has 1 aromatic carbocycles. The smallest absolute Gasteiger partial charge is 0.0847 e. The van der Waals surface area contributed by atoms with Crippen molar-refractivity contribution in [1.82, 2.24) is 9.78 Å². The zero-order valence-corrected chi connectivity index (χ0v) is 13.5. The average Bonchev–Trinajstić information content (AvgIpc) is 2.61. The summed E-state index contributed by atoms with van der Waals surface area (Å²) < 4.78 is 1.69. The number of benzene rings is 1. The number of nitrogens with zero attached hydrogens (tertiary/aromatic N) is 2. The number of hydrogen-bond donors (Lipinski definition) is 1. The Hall–Kier alpha value is -0.740. The Balaban J connectivity index is 2.15. The number of aliphatic hydroxyl groups is 1. The number of hydrogen-bond acceptors (Lipinski definition) is 2. The van der Waals surface area contributed by atoms with E-state index in [2.05, 4.69) is 5.10 Å². The quantitative estimate of drug-likeness (QED) is 0.923. The van der Waals surface area contributed by atoms with Gasteiger partial charge in [-0.2, -0.15) is 5.10 Å². The van der Waals surface area contributed by atoms with Crippen LogP contribution in [0, 0.1) is 6.92 Å². The molecule has 0 aliphatic heterocycles. The molecule has 2 aromatic rings. The Morgan fingerprint density at radius 3 is 2.30 bits per heavy atom. The zero-order chi connectivity index (χ0) is 14.9. The molecule has 0 spiro atoms. The Morgan fingerprint density at radius 2 is 1.80 bits per heavy atom. The van der Waals surface area contributed by atoms with E-state index in [-0.39, 0.29) is 0 Å². The molecule has 0 bridgehead atoms. The molecule has 1 unspecified atom stereocenters. The molecule has 1 atom stereocenters.